The second kappa shape index (κ2) is 7.40. The summed E-state index contributed by atoms with van der Waals surface area (Å²) in [6.07, 6.45) is -1.34. The number of rotatable bonds is 6. The van der Waals surface area contributed by atoms with Gasteiger partial charge in [-0.05, 0) is 20.8 Å². The summed E-state index contributed by atoms with van der Waals surface area (Å²) in [6, 6.07) is 0. The SMILES string of the molecule is Cc1cn(C2CC(O)C(COP(=O)(O)C(C)(C)OP)O2)c(=O)[nH]c1=O. The Bertz CT molecular complexity index is 789. The Morgan fingerprint density at radius 3 is 2.76 bits per heavy atom. The first-order valence-electron chi connectivity index (χ1n) is 7.49. The van der Waals surface area contributed by atoms with Gasteiger partial charge in [-0.3, -0.25) is 18.9 Å². The van der Waals surface area contributed by atoms with Crippen LogP contribution in [-0.4, -0.2) is 43.7 Å². The maximum absolute atomic E-state index is 12.2. The van der Waals surface area contributed by atoms with Gasteiger partial charge >= 0.3 is 13.3 Å². The van der Waals surface area contributed by atoms with Gasteiger partial charge in [0.1, 0.15) is 12.3 Å². The maximum Gasteiger partial charge on any atom is 0.359 e. The van der Waals surface area contributed by atoms with Crippen molar-refractivity contribution in [1.82, 2.24) is 9.55 Å². The highest BCUT2D eigenvalue weighted by molar-refractivity contribution is 7.54. The molecular weight excluding hydrogens is 374 g/mol. The molecule has 2 heterocycles. The molecule has 3 N–H and O–H groups in total. The molecule has 0 aliphatic carbocycles. The van der Waals surface area contributed by atoms with Crippen LogP contribution in [0, 0.1) is 6.92 Å². The van der Waals surface area contributed by atoms with E-state index >= 15 is 0 Å². The van der Waals surface area contributed by atoms with Crippen molar-refractivity contribution in [2.24, 2.45) is 0 Å². The Balaban J connectivity index is 2.10. The van der Waals surface area contributed by atoms with Crippen LogP contribution in [0.15, 0.2) is 15.8 Å². The van der Waals surface area contributed by atoms with E-state index in [0.717, 1.165) is 4.57 Å². The second-order valence-corrected chi connectivity index (χ2v) is 8.90. The van der Waals surface area contributed by atoms with Gasteiger partial charge in [0.05, 0.1) is 12.7 Å². The third-order valence-electron chi connectivity index (χ3n) is 4.04. The molecular formula is C13H22N2O8P2. The molecule has 1 fully saturated rings. The molecule has 0 radical (unpaired) electrons. The summed E-state index contributed by atoms with van der Waals surface area (Å²) < 4.78 is 28.8. The van der Waals surface area contributed by atoms with Crippen LogP contribution in [-0.2, 0) is 18.3 Å². The zero-order valence-electron chi connectivity index (χ0n) is 14.0. The van der Waals surface area contributed by atoms with E-state index in [0.29, 0.717) is 5.56 Å². The van der Waals surface area contributed by atoms with Gasteiger partial charge in [-0.15, -0.1) is 0 Å². The van der Waals surface area contributed by atoms with Gasteiger partial charge in [-0.2, -0.15) is 0 Å². The van der Waals surface area contributed by atoms with Crippen molar-refractivity contribution in [3.63, 3.8) is 0 Å². The van der Waals surface area contributed by atoms with E-state index in [-0.39, 0.29) is 13.0 Å². The van der Waals surface area contributed by atoms with Gasteiger partial charge in [0, 0.05) is 27.6 Å². The third kappa shape index (κ3) is 4.28. The number of nitrogens with one attached hydrogen (secondary N) is 1. The molecule has 5 atom stereocenters. The molecule has 0 bridgehead atoms. The number of aliphatic hydroxyl groups excluding tert-OH is 1. The van der Waals surface area contributed by atoms with Crippen molar-refractivity contribution in [3.8, 4) is 0 Å². The normalized spacial score (nSPS) is 26.6. The van der Waals surface area contributed by atoms with Crippen LogP contribution in [0.1, 0.15) is 32.1 Å². The summed E-state index contributed by atoms with van der Waals surface area (Å²) in [4.78, 5) is 35.4. The molecule has 5 unspecified atom stereocenters. The third-order valence-corrected chi connectivity index (χ3v) is 6.80. The minimum absolute atomic E-state index is 0.0681. The maximum atomic E-state index is 12.2. The number of hydrogen-bond acceptors (Lipinski definition) is 7. The van der Waals surface area contributed by atoms with Gasteiger partial charge in [-0.1, -0.05) is 0 Å². The molecule has 2 rings (SSSR count). The van der Waals surface area contributed by atoms with Crippen LogP contribution >= 0.6 is 17.1 Å². The van der Waals surface area contributed by atoms with E-state index in [1.807, 2.05) is 9.47 Å². The largest absolute Gasteiger partial charge is 0.390 e. The molecule has 25 heavy (non-hydrogen) atoms. The molecule has 1 aliphatic rings. The second-order valence-electron chi connectivity index (χ2n) is 6.29. The highest BCUT2D eigenvalue weighted by atomic mass is 31.2. The molecule has 1 aromatic heterocycles. The van der Waals surface area contributed by atoms with Crippen molar-refractivity contribution in [2.45, 2.75) is 51.0 Å². The number of hydrogen-bond donors (Lipinski definition) is 3. The number of ether oxygens (including phenoxy) is 1. The average Bonchev–Trinajstić information content (AvgIpc) is 2.89. The van der Waals surface area contributed by atoms with Crippen LogP contribution < -0.4 is 11.2 Å². The fraction of sp³-hybridized carbons (Fsp3) is 0.692. The average molecular weight is 396 g/mol. The lowest BCUT2D eigenvalue weighted by molar-refractivity contribution is -0.0445. The van der Waals surface area contributed by atoms with E-state index < -0.39 is 42.6 Å². The lowest BCUT2D eigenvalue weighted by Crippen LogP contribution is -2.33. The monoisotopic (exact) mass is 396 g/mol. The van der Waals surface area contributed by atoms with Crippen LogP contribution in [0.5, 0.6) is 0 Å². The highest BCUT2D eigenvalue weighted by Gasteiger charge is 2.44. The zero-order chi connectivity index (χ0) is 19.0. The minimum atomic E-state index is -4.14. The molecule has 1 aromatic rings. The number of H-pyrrole nitrogens is 1. The lowest BCUT2D eigenvalue weighted by atomic mass is 10.2. The van der Waals surface area contributed by atoms with E-state index in [1.165, 1.54) is 27.0 Å². The van der Waals surface area contributed by atoms with Crippen molar-refractivity contribution in [1.29, 1.82) is 0 Å². The smallest absolute Gasteiger partial charge is 0.359 e. The van der Waals surface area contributed by atoms with E-state index in [9.17, 15) is 24.2 Å². The van der Waals surface area contributed by atoms with E-state index in [4.69, 9.17) is 13.8 Å². The summed E-state index contributed by atoms with van der Waals surface area (Å²) in [5.41, 5.74) is -0.850. The zero-order valence-corrected chi connectivity index (χ0v) is 16.1. The fourth-order valence-corrected chi connectivity index (χ4v) is 3.43. The molecule has 1 aliphatic heterocycles. The van der Waals surface area contributed by atoms with Crippen molar-refractivity contribution in [2.75, 3.05) is 6.61 Å². The molecule has 142 valence electrons. The standard InChI is InChI=1S/C13H22N2O8P2/c1-7-5-15(12(18)14-11(7)17)10-4-8(16)9(22-10)6-21-25(19,20)13(2,3)23-24/h5,8-10,16H,4,6,24H2,1-3H3,(H,19,20)(H,14,17,18). The predicted molar refractivity (Wildman–Crippen MR) is 91.2 cm³/mol. The fourth-order valence-electron chi connectivity index (χ4n) is 2.23. The quantitative estimate of drug-likeness (QED) is 0.581. The predicted octanol–water partition coefficient (Wildman–Crippen LogP) is 0.238. The molecule has 0 amide bonds. The lowest BCUT2D eigenvalue weighted by Gasteiger charge is -2.28. The van der Waals surface area contributed by atoms with E-state index in [2.05, 4.69) is 4.98 Å². The van der Waals surface area contributed by atoms with Gasteiger partial charge in [0.2, 0.25) is 0 Å². The molecule has 0 saturated carbocycles. The topological polar surface area (TPSA) is 140 Å². The minimum Gasteiger partial charge on any atom is -0.390 e. The Kier molecular flexibility index (Phi) is 6.06. The summed E-state index contributed by atoms with van der Waals surface area (Å²) in [5, 5.41) is 8.64. The van der Waals surface area contributed by atoms with Crippen molar-refractivity contribution < 1.29 is 28.3 Å². The summed E-state index contributed by atoms with van der Waals surface area (Å²) in [7, 11) is -2.24. The van der Waals surface area contributed by atoms with Crippen LogP contribution in [0.3, 0.4) is 0 Å². The van der Waals surface area contributed by atoms with Crippen molar-refractivity contribution in [3.05, 3.63) is 32.6 Å². The number of aromatic nitrogens is 2. The van der Waals surface area contributed by atoms with Gasteiger partial charge in [-0.25, -0.2) is 4.79 Å². The number of aryl methyl sites for hydroxylation is 1. The van der Waals surface area contributed by atoms with Gasteiger partial charge in [0.15, 0.2) is 5.34 Å². The highest BCUT2D eigenvalue weighted by Crippen LogP contribution is 2.56. The number of aliphatic hydroxyl groups is 1. The molecule has 12 heteroatoms. The Labute approximate surface area is 145 Å². The van der Waals surface area contributed by atoms with Crippen LogP contribution in [0.2, 0.25) is 0 Å². The molecule has 10 nitrogen and oxygen atoms in total. The van der Waals surface area contributed by atoms with Gasteiger partial charge < -0.3 is 23.8 Å². The number of nitrogens with zero attached hydrogens (tertiary/aromatic N) is 1. The summed E-state index contributed by atoms with van der Waals surface area (Å²) >= 11 is 0. The van der Waals surface area contributed by atoms with Crippen molar-refractivity contribution >= 4 is 17.1 Å². The first-order valence-corrected chi connectivity index (χ1v) is 9.54. The summed E-state index contributed by atoms with van der Waals surface area (Å²) in [6.45, 7) is 3.95. The van der Waals surface area contributed by atoms with E-state index in [1.54, 1.807) is 0 Å². The first kappa shape index (κ1) is 20.5. The Morgan fingerprint density at radius 1 is 1.52 bits per heavy atom. The van der Waals surface area contributed by atoms with Crippen LogP contribution in [0.25, 0.3) is 0 Å². The summed E-state index contributed by atoms with van der Waals surface area (Å²) in [5.74, 6) is 0. The Morgan fingerprint density at radius 2 is 2.16 bits per heavy atom. The molecule has 0 spiro atoms. The van der Waals surface area contributed by atoms with Crippen LogP contribution in [0.4, 0.5) is 0 Å². The van der Waals surface area contributed by atoms with Gasteiger partial charge in [0.25, 0.3) is 5.56 Å². The molecule has 0 aromatic carbocycles. The molecule has 1 saturated heterocycles. The Hall–Kier alpha value is -0.860. The first-order chi connectivity index (χ1) is 11.5. The number of aromatic amines is 1.